The predicted molar refractivity (Wildman–Crippen MR) is 124 cm³/mol. The van der Waals surface area contributed by atoms with E-state index in [-0.39, 0.29) is 12.8 Å². The molecule has 3 aliphatic rings. The summed E-state index contributed by atoms with van der Waals surface area (Å²) >= 11 is 0. The highest BCUT2D eigenvalue weighted by Crippen LogP contribution is 2.58. The molecule has 2 aromatic carbocycles. The minimum atomic E-state index is -0.597. The minimum Gasteiger partial charge on any atom is -0.493 e. The van der Waals surface area contributed by atoms with E-state index in [1.165, 1.54) is 14.2 Å². The molecule has 0 saturated carbocycles. The number of hydrogen-bond acceptors (Lipinski definition) is 9. The Labute approximate surface area is 202 Å². The number of carbonyl (C=O) groups excluding carboxylic acids is 1. The molecule has 0 radical (unpaired) electrons. The predicted octanol–water partition coefficient (Wildman–Crippen LogP) is 4.14. The number of benzene rings is 2. The zero-order chi connectivity index (χ0) is 24.3. The zero-order valence-corrected chi connectivity index (χ0v) is 19.9. The number of fused-ring (bicyclic) bond motifs is 3. The van der Waals surface area contributed by atoms with Crippen LogP contribution in [0.2, 0.25) is 0 Å². The first-order valence-electron chi connectivity index (χ1n) is 11.3. The van der Waals surface area contributed by atoms with Gasteiger partial charge < -0.3 is 32.8 Å². The summed E-state index contributed by atoms with van der Waals surface area (Å²) in [6.07, 6.45) is 1.76. The van der Waals surface area contributed by atoms with Crippen molar-refractivity contribution in [3.8, 4) is 40.1 Å². The average molecular weight is 479 g/mol. The lowest BCUT2D eigenvalue weighted by molar-refractivity contribution is 0.00877. The molecule has 0 aliphatic carbocycles. The van der Waals surface area contributed by atoms with Gasteiger partial charge in [0.05, 0.1) is 39.2 Å². The highest BCUT2D eigenvalue weighted by atomic mass is 16.7. The first kappa shape index (κ1) is 21.7. The normalized spacial score (nSPS) is 20.3. The summed E-state index contributed by atoms with van der Waals surface area (Å²) in [5.74, 6) is 2.78. The second-order valence-corrected chi connectivity index (χ2v) is 8.61. The van der Waals surface area contributed by atoms with E-state index < -0.39 is 12.1 Å². The number of cyclic esters (lactones) is 1. The number of rotatable bonds is 5. The van der Waals surface area contributed by atoms with Crippen molar-refractivity contribution >= 4 is 5.97 Å². The Kier molecular flexibility index (Phi) is 5.03. The monoisotopic (exact) mass is 479 g/mol. The Hall–Kier alpha value is -3.85. The van der Waals surface area contributed by atoms with E-state index >= 15 is 0 Å². The van der Waals surface area contributed by atoms with E-state index in [9.17, 15) is 4.79 Å². The molecular formula is C26H25NO8. The number of hydrogen-bond donors (Lipinski definition) is 0. The quantitative estimate of drug-likeness (QED) is 0.501. The Morgan fingerprint density at radius 2 is 1.77 bits per heavy atom. The van der Waals surface area contributed by atoms with Crippen molar-refractivity contribution in [1.29, 1.82) is 0 Å². The molecule has 9 nitrogen and oxygen atoms in total. The highest BCUT2D eigenvalue weighted by Gasteiger charge is 2.47. The van der Waals surface area contributed by atoms with Crippen LogP contribution < -0.4 is 23.7 Å². The highest BCUT2D eigenvalue weighted by molar-refractivity contribution is 5.98. The van der Waals surface area contributed by atoms with Crippen LogP contribution in [0.1, 0.15) is 39.2 Å². The third-order valence-corrected chi connectivity index (χ3v) is 6.98. The van der Waals surface area contributed by atoms with Gasteiger partial charge in [-0.1, -0.05) is 6.07 Å². The summed E-state index contributed by atoms with van der Waals surface area (Å²) in [5, 5.41) is 0. The third-order valence-electron chi connectivity index (χ3n) is 6.98. The lowest BCUT2D eigenvalue weighted by Gasteiger charge is -2.39. The van der Waals surface area contributed by atoms with Crippen molar-refractivity contribution < 1.29 is 37.6 Å². The molecule has 0 spiro atoms. The standard InChI is InChI=1S/C26H25NO8/c1-27-10-9-13-17(15-6-5-11-32-15)24-25(34-12-33-24)23(31-4)18(13)20(27)21-14-7-8-16(29-2)22(30-3)19(14)26(28)35-21/h5-8,11,20-21H,9-10,12H2,1-4H3/t20-,21+/m1/s1. The average Bonchev–Trinajstić information content (AvgIpc) is 3.63. The van der Waals surface area contributed by atoms with Crippen molar-refractivity contribution in [2.45, 2.75) is 18.6 Å². The van der Waals surface area contributed by atoms with Crippen LogP contribution in [0.4, 0.5) is 0 Å². The smallest absolute Gasteiger partial charge is 0.343 e. The van der Waals surface area contributed by atoms with Crippen LogP contribution in [0.5, 0.6) is 28.7 Å². The molecule has 0 fully saturated rings. The van der Waals surface area contributed by atoms with Gasteiger partial charge in [0.1, 0.15) is 17.4 Å². The molecule has 6 rings (SSSR count). The second kappa shape index (κ2) is 8.13. The van der Waals surface area contributed by atoms with Gasteiger partial charge in [-0.25, -0.2) is 4.79 Å². The van der Waals surface area contributed by atoms with Crippen molar-refractivity contribution in [2.75, 3.05) is 41.7 Å². The van der Waals surface area contributed by atoms with Crippen molar-refractivity contribution in [2.24, 2.45) is 0 Å². The van der Waals surface area contributed by atoms with E-state index in [0.29, 0.717) is 40.1 Å². The third kappa shape index (κ3) is 3.01. The largest absolute Gasteiger partial charge is 0.493 e. The van der Waals surface area contributed by atoms with Gasteiger partial charge in [-0.3, -0.25) is 4.90 Å². The SMILES string of the molecule is COc1ccc2c(c1OC)C(=O)O[C@@H]2[C@H]1c2c(c(-c3ccco3)c3c(c2OC)OCO3)CCN1C. The lowest BCUT2D eigenvalue weighted by Crippen LogP contribution is -2.36. The number of esters is 1. The van der Waals surface area contributed by atoms with Gasteiger partial charge >= 0.3 is 5.97 Å². The minimum absolute atomic E-state index is 0.0844. The fourth-order valence-corrected chi connectivity index (χ4v) is 5.51. The number of furan rings is 1. The van der Waals surface area contributed by atoms with Crippen LogP contribution in [0, 0.1) is 0 Å². The lowest BCUT2D eigenvalue weighted by atomic mass is 9.82. The van der Waals surface area contributed by atoms with Crippen LogP contribution in [-0.4, -0.2) is 52.6 Å². The van der Waals surface area contributed by atoms with E-state index in [2.05, 4.69) is 4.90 Å². The van der Waals surface area contributed by atoms with Crippen LogP contribution in [0.3, 0.4) is 0 Å². The van der Waals surface area contributed by atoms with Crippen molar-refractivity contribution in [3.63, 3.8) is 0 Å². The van der Waals surface area contributed by atoms with Crippen LogP contribution in [-0.2, 0) is 11.2 Å². The fraction of sp³-hybridized carbons (Fsp3) is 0.346. The first-order chi connectivity index (χ1) is 17.1. The van der Waals surface area contributed by atoms with Crippen molar-refractivity contribution in [1.82, 2.24) is 4.90 Å². The molecule has 3 aromatic rings. The van der Waals surface area contributed by atoms with E-state index in [4.69, 9.17) is 32.8 Å². The Balaban J connectivity index is 1.59. The Morgan fingerprint density at radius 1 is 0.971 bits per heavy atom. The molecule has 182 valence electrons. The first-order valence-corrected chi connectivity index (χ1v) is 11.3. The van der Waals surface area contributed by atoms with Gasteiger partial charge in [0, 0.05) is 17.7 Å². The fourth-order valence-electron chi connectivity index (χ4n) is 5.51. The Bertz CT molecular complexity index is 1320. The van der Waals surface area contributed by atoms with Gasteiger partial charge in [-0.05, 0) is 37.2 Å². The van der Waals surface area contributed by atoms with Crippen molar-refractivity contribution in [3.05, 3.63) is 52.8 Å². The molecule has 0 saturated heterocycles. The molecule has 0 amide bonds. The number of carbonyl (C=O) groups is 1. The maximum atomic E-state index is 13.1. The Morgan fingerprint density at radius 3 is 2.49 bits per heavy atom. The van der Waals surface area contributed by atoms with Gasteiger partial charge in [0.2, 0.25) is 12.5 Å². The van der Waals surface area contributed by atoms with E-state index in [1.54, 1.807) is 19.4 Å². The molecule has 4 heterocycles. The summed E-state index contributed by atoms with van der Waals surface area (Å²) < 4.78 is 40.4. The number of ether oxygens (including phenoxy) is 6. The van der Waals surface area contributed by atoms with Crippen LogP contribution in [0.15, 0.2) is 34.9 Å². The van der Waals surface area contributed by atoms with Crippen LogP contribution >= 0.6 is 0 Å². The molecular weight excluding hydrogens is 454 g/mol. The van der Waals surface area contributed by atoms with Gasteiger partial charge in [0.25, 0.3) is 0 Å². The molecule has 35 heavy (non-hydrogen) atoms. The molecule has 2 atom stereocenters. The summed E-state index contributed by atoms with van der Waals surface area (Å²) in [4.78, 5) is 15.3. The molecule has 0 unspecified atom stereocenters. The van der Waals surface area contributed by atoms with Gasteiger partial charge in [-0.15, -0.1) is 0 Å². The summed E-state index contributed by atoms with van der Waals surface area (Å²) in [7, 11) is 6.67. The number of nitrogens with zero attached hydrogens (tertiary/aromatic N) is 1. The molecule has 9 heteroatoms. The topological polar surface area (TPSA) is 88.8 Å². The molecule has 0 N–H and O–H groups in total. The molecule has 3 aliphatic heterocycles. The summed E-state index contributed by atoms with van der Waals surface area (Å²) in [6.45, 7) is 0.811. The molecule has 0 bridgehead atoms. The second-order valence-electron chi connectivity index (χ2n) is 8.61. The van der Waals surface area contributed by atoms with Gasteiger partial charge in [-0.2, -0.15) is 0 Å². The number of methoxy groups -OCH3 is 3. The molecule has 1 aromatic heterocycles. The van der Waals surface area contributed by atoms with Crippen LogP contribution in [0.25, 0.3) is 11.3 Å². The van der Waals surface area contributed by atoms with E-state index in [1.807, 2.05) is 25.2 Å². The number of likely N-dealkylation sites (N-methyl/N-ethyl adjacent to an activating group) is 1. The summed E-state index contributed by atoms with van der Waals surface area (Å²) in [5.41, 5.74) is 3.86. The van der Waals surface area contributed by atoms with Gasteiger partial charge in [0.15, 0.2) is 23.0 Å². The van der Waals surface area contributed by atoms with E-state index in [0.717, 1.165) is 35.2 Å². The summed E-state index contributed by atoms with van der Waals surface area (Å²) in [6, 6.07) is 7.05. The maximum absolute atomic E-state index is 13.1. The zero-order valence-electron chi connectivity index (χ0n) is 19.9. The maximum Gasteiger partial charge on any atom is 0.343 e.